The molecular weight excluding hydrogens is 651 g/mol. The van der Waals surface area contributed by atoms with Gasteiger partial charge in [-0.3, -0.25) is 24.1 Å². The van der Waals surface area contributed by atoms with E-state index in [2.05, 4.69) is 5.32 Å². The lowest BCUT2D eigenvalue weighted by Gasteiger charge is -2.15. The van der Waals surface area contributed by atoms with Crippen LogP contribution in [0.2, 0.25) is 0 Å². The fourth-order valence-corrected chi connectivity index (χ4v) is 5.88. The van der Waals surface area contributed by atoms with Crippen LogP contribution in [0.4, 0.5) is 10.5 Å². The number of nitrogens with one attached hydrogen (secondary N) is 1. The molecule has 1 aliphatic heterocycles. The molecule has 1 fully saturated rings. The van der Waals surface area contributed by atoms with Gasteiger partial charge in [0.1, 0.15) is 11.4 Å². The van der Waals surface area contributed by atoms with Crippen molar-refractivity contribution in [3.05, 3.63) is 50.4 Å². The van der Waals surface area contributed by atoms with Crippen molar-refractivity contribution in [2.45, 2.75) is 25.7 Å². The van der Waals surface area contributed by atoms with Crippen molar-refractivity contribution in [2.24, 2.45) is 0 Å². The normalized spacial score (nSPS) is 14.5. The lowest BCUT2D eigenvalue weighted by Crippen LogP contribution is -2.34. The smallest absolute Gasteiger partial charge is 0.339 e. The first kappa shape index (κ1) is 29.4. The fraction of sp³-hybridized carbons (Fsp3) is 0.250. The van der Waals surface area contributed by atoms with Crippen molar-refractivity contribution in [1.82, 2.24) is 4.90 Å². The number of anilines is 1. The second-order valence-corrected chi connectivity index (χ2v) is 11.3. The minimum absolute atomic E-state index is 0.0500. The van der Waals surface area contributed by atoms with Crippen molar-refractivity contribution in [3.8, 4) is 11.5 Å². The molecule has 38 heavy (non-hydrogen) atoms. The number of hydrogen-bond acceptors (Lipinski definition) is 10. The average Bonchev–Trinajstić information content (AvgIpc) is 3.09. The molecule has 0 spiro atoms. The Bertz CT molecular complexity index is 1410. The minimum Gasteiger partial charge on any atom is -0.490 e. The zero-order chi connectivity index (χ0) is 28.0. The molecule has 0 bridgehead atoms. The third-order valence-corrected chi connectivity index (χ3v) is 7.70. The summed E-state index contributed by atoms with van der Waals surface area (Å²) in [6, 6.07) is 8.51. The Morgan fingerprint density at radius 1 is 1.11 bits per heavy atom. The van der Waals surface area contributed by atoms with E-state index in [1.165, 1.54) is 43.3 Å². The average molecular weight is 674 g/mol. The molecule has 1 saturated heterocycles. The van der Waals surface area contributed by atoms with Gasteiger partial charge in [-0.15, -0.1) is 0 Å². The van der Waals surface area contributed by atoms with Gasteiger partial charge in [0.25, 0.3) is 11.1 Å². The molecule has 1 heterocycles. The van der Waals surface area contributed by atoms with E-state index in [9.17, 15) is 27.6 Å². The number of imide groups is 1. The Labute approximate surface area is 237 Å². The summed E-state index contributed by atoms with van der Waals surface area (Å²) in [6.07, 6.45) is 1.44. The Balaban J connectivity index is 1.88. The number of benzene rings is 2. The Hall–Kier alpha value is -3.11. The number of rotatable bonds is 10. The summed E-state index contributed by atoms with van der Waals surface area (Å²) in [5, 5.41) is 1.95. The van der Waals surface area contributed by atoms with Crippen LogP contribution in [0.5, 0.6) is 11.5 Å². The van der Waals surface area contributed by atoms with Crippen LogP contribution >= 0.6 is 34.4 Å². The quantitative estimate of drug-likeness (QED) is 0.170. The van der Waals surface area contributed by atoms with E-state index in [0.29, 0.717) is 26.6 Å². The largest absolute Gasteiger partial charge is 0.490 e. The first-order chi connectivity index (χ1) is 17.9. The van der Waals surface area contributed by atoms with Crippen LogP contribution in [0.1, 0.15) is 26.3 Å². The van der Waals surface area contributed by atoms with Gasteiger partial charge in [0, 0.05) is 12.6 Å². The van der Waals surface area contributed by atoms with Gasteiger partial charge < -0.3 is 19.0 Å². The summed E-state index contributed by atoms with van der Waals surface area (Å²) in [5.41, 5.74) is 0.876. The monoisotopic (exact) mass is 674 g/mol. The number of thioether (sulfide) groups is 1. The maximum Gasteiger partial charge on any atom is 0.339 e. The SMILES string of the molecule is CCOC(=O)CN1C(=O)S/C(=C\c2cc(I)c(OS(=O)(=O)c3ccc(NC(C)=O)cc3)c(OCC)c2)C1=O. The highest BCUT2D eigenvalue weighted by Crippen LogP contribution is 2.39. The van der Waals surface area contributed by atoms with Gasteiger partial charge in [-0.05, 0) is 96.2 Å². The number of carbonyl (C=O) groups excluding carboxylic acids is 4. The number of amides is 3. The molecule has 1 aliphatic rings. The molecule has 3 rings (SSSR count). The molecular formula is C24H23IN2O9S2. The third-order valence-electron chi connectivity index (χ3n) is 4.75. The molecule has 2 aromatic carbocycles. The van der Waals surface area contributed by atoms with Crippen LogP contribution in [0.25, 0.3) is 6.08 Å². The Kier molecular flexibility index (Phi) is 9.78. The van der Waals surface area contributed by atoms with E-state index in [1.807, 2.05) is 22.6 Å². The topological polar surface area (TPSA) is 145 Å². The van der Waals surface area contributed by atoms with Crippen LogP contribution < -0.4 is 14.2 Å². The van der Waals surface area contributed by atoms with E-state index in [-0.39, 0.29) is 40.4 Å². The predicted molar refractivity (Wildman–Crippen MR) is 148 cm³/mol. The zero-order valence-electron chi connectivity index (χ0n) is 20.5. The molecule has 1 N–H and O–H groups in total. The Morgan fingerprint density at radius 3 is 2.39 bits per heavy atom. The minimum atomic E-state index is -4.26. The molecule has 11 nitrogen and oxygen atoms in total. The predicted octanol–water partition coefficient (Wildman–Crippen LogP) is 4.02. The maximum atomic E-state index is 12.9. The lowest BCUT2D eigenvalue weighted by atomic mass is 10.2. The van der Waals surface area contributed by atoms with Crippen molar-refractivity contribution in [3.63, 3.8) is 0 Å². The summed E-state index contributed by atoms with van der Waals surface area (Å²) in [5.74, 6) is -1.58. The molecule has 0 radical (unpaired) electrons. The van der Waals surface area contributed by atoms with Crippen LogP contribution in [0, 0.1) is 3.57 Å². The van der Waals surface area contributed by atoms with Gasteiger partial charge in [0.15, 0.2) is 11.5 Å². The number of halogens is 1. The molecule has 202 valence electrons. The second-order valence-electron chi connectivity index (χ2n) is 7.58. The highest BCUT2D eigenvalue weighted by Gasteiger charge is 2.36. The highest BCUT2D eigenvalue weighted by atomic mass is 127. The van der Waals surface area contributed by atoms with Gasteiger partial charge in [0.2, 0.25) is 5.91 Å². The van der Waals surface area contributed by atoms with Crippen molar-refractivity contribution in [1.29, 1.82) is 0 Å². The second kappa shape index (κ2) is 12.6. The molecule has 0 saturated carbocycles. The number of carbonyl (C=O) groups is 4. The summed E-state index contributed by atoms with van der Waals surface area (Å²) in [7, 11) is -4.26. The van der Waals surface area contributed by atoms with Crippen LogP contribution in [0.15, 0.2) is 46.2 Å². The van der Waals surface area contributed by atoms with Crippen LogP contribution in [-0.2, 0) is 29.2 Å². The maximum absolute atomic E-state index is 12.9. The number of esters is 1. The summed E-state index contributed by atoms with van der Waals surface area (Å²) >= 11 is 2.55. The number of nitrogens with zero attached hydrogens (tertiary/aromatic N) is 1. The molecule has 0 aromatic heterocycles. The third kappa shape index (κ3) is 7.26. The molecule has 0 aliphatic carbocycles. The van der Waals surface area contributed by atoms with Crippen molar-refractivity contribution >= 4 is 79.3 Å². The van der Waals surface area contributed by atoms with Gasteiger partial charge >= 0.3 is 16.1 Å². The zero-order valence-corrected chi connectivity index (χ0v) is 24.3. The van der Waals surface area contributed by atoms with E-state index in [0.717, 1.165) is 4.90 Å². The van der Waals surface area contributed by atoms with Crippen molar-refractivity contribution < 1.29 is 41.3 Å². The van der Waals surface area contributed by atoms with Crippen LogP contribution in [0.3, 0.4) is 0 Å². The standard InChI is InChI=1S/C24H23IN2O9S2/c1-4-34-19-11-15(12-20-23(30)27(24(31)37-20)13-21(29)35-5-2)10-18(25)22(19)36-38(32,33)17-8-6-16(7-9-17)26-14(3)28/h6-12H,4-5,13H2,1-3H3,(H,26,28)/b20-12-. The first-order valence-electron chi connectivity index (χ1n) is 11.1. The summed E-state index contributed by atoms with van der Waals surface area (Å²) in [4.78, 5) is 48.6. The number of hydrogen-bond donors (Lipinski definition) is 1. The number of ether oxygens (including phenoxy) is 2. The van der Waals surface area contributed by atoms with Gasteiger partial charge in [-0.2, -0.15) is 8.42 Å². The first-order valence-corrected chi connectivity index (χ1v) is 14.4. The molecule has 3 amide bonds. The summed E-state index contributed by atoms with van der Waals surface area (Å²) in [6.45, 7) is 4.48. The van der Waals surface area contributed by atoms with Gasteiger partial charge in [-0.1, -0.05) is 0 Å². The van der Waals surface area contributed by atoms with Crippen LogP contribution in [-0.4, -0.2) is 56.1 Å². The lowest BCUT2D eigenvalue weighted by molar-refractivity contribution is -0.146. The molecule has 2 aromatic rings. The van der Waals surface area contributed by atoms with Crippen molar-refractivity contribution in [2.75, 3.05) is 25.1 Å². The fourth-order valence-electron chi connectivity index (χ4n) is 3.20. The molecule has 14 heteroatoms. The van der Waals surface area contributed by atoms with E-state index < -0.39 is 33.8 Å². The van der Waals surface area contributed by atoms with Gasteiger partial charge in [0.05, 0.1) is 21.7 Å². The van der Waals surface area contributed by atoms with E-state index >= 15 is 0 Å². The molecule has 0 atom stereocenters. The highest BCUT2D eigenvalue weighted by molar-refractivity contribution is 14.1. The molecule has 0 unspecified atom stereocenters. The Morgan fingerprint density at radius 2 is 1.79 bits per heavy atom. The van der Waals surface area contributed by atoms with E-state index in [4.69, 9.17) is 13.7 Å². The van der Waals surface area contributed by atoms with Gasteiger partial charge in [-0.25, -0.2) is 0 Å². The summed E-state index contributed by atoms with van der Waals surface area (Å²) < 4.78 is 42.1. The van der Waals surface area contributed by atoms with E-state index in [1.54, 1.807) is 19.9 Å².